The first-order valence-corrected chi connectivity index (χ1v) is 10.7. The summed E-state index contributed by atoms with van der Waals surface area (Å²) in [5, 5.41) is 23.6. The quantitative estimate of drug-likeness (QED) is 0.363. The number of furan rings is 1. The first-order chi connectivity index (χ1) is 16.0. The smallest absolute Gasteiger partial charge is 0.335 e. The number of carbonyl (C=O) groups is 1. The van der Waals surface area contributed by atoms with Crippen molar-refractivity contribution in [3.63, 3.8) is 0 Å². The van der Waals surface area contributed by atoms with Crippen LogP contribution in [-0.2, 0) is 0 Å². The number of hydrogen-bond donors (Lipinski definition) is 3. The van der Waals surface area contributed by atoms with Crippen LogP contribution in [0.15, 0.2) is 89.5 Å². The van der Waals surface area contributed by atoms with E-state index in [4.69, 9.17) is 16.6 Å². The highest BCUT2D eigenvalue weighted by Gasteiger charge is 2.43. The molecular weight excluding hydrogens is 438 g/mol. The molecule has 0 amide bonds. The lowest BCUT2D eigenvalue weighted by atomic mass is 10.0. The van der Waals surface area contributed by atoms with Gasteiger partial charge in [0.05, 0.1) is 23.0 Å². The lowest BCUT2D eigenvalue weighted by molar-refractivity contribution is 0.0697. The van der Waals surface area contributed by atoms with Crippen LogP contribution in [0, 0.1) is 0 Å². The molecule has 3 N–H and O–H groups in total. The number of aromatic hydroxyl groups is 1. The summed E-state index contributed by atoms with van der Waals surface area (Å²) >= 11 is 5.65. The number of aromatic nitrogens is 1. The van der Waals surface area contributed by atoms with Gasteiger partial charge in [0, 0.05) is 11.8 Å². The zero-order valence-electron chi connectivity index (χ0n) is 17.3. The second-order valence-electron chi connectivity index (χ2n) is 7.57. The van der Waals surface area contributed by atoms with Crippen LogP contribution in [0.2, 0.25) is 0 Å². The van der Waals surface area contributed by atoms with Crippen LogP contribution in [0.1, 0.15) is 33.9 Å². The number of nitrogens with one attached hydrogen (secondary N) is 1. The number of aromatic carboxylic acids is 1. The summed E-state index contributed by atoms with van der Waals surface area (Å²) in [5.74, 6) is 0.212. The number of thiocarbonyl (C=S) groups is 1. The van der Waals surface area contributed by atoms with E-state index in [1.807, 2.05) is 35.2 Å². The SMILES string of the molecule is O=C(O)c1cccc(-c2ccc([C@H]3[C@@H](c4ccccn4)NC(=S)N3c3ccccc3O)o2)c1. The molecule has 5 rings (SSSR count). The third kappa shape index (κ3) is 3.81. The Morgan fingerprint density at radius 2 is 1.85 bits per heavy atom. The minimum atomic E-state index is -1.00. The van der Waals surface area contributed by atoms with Crippen molar-refractivity contribution in [1.29, 1.82) is 0 Å². The molecule has 7 nitrogen and oxygen atoms in total. The molecule has 1 saturated heterocycles. The van der Waals surface area contributed by atoms with Gasteiger partial charge in [-0.15, -0.1) is 0 Å². The first kappa shape index (κ1) is 20.7. The molecule has 2 aromatic carbocycles. The molecule has 0 aliphatic carbocycles. The van der Waals surface area contributed by atoms with Crippen molar-refractivity contribution in [3.8, 4) is 17.1 Å². The van der Waals surface area contributed by atoms with E-state index in [2.05, 4.69) is 10.3 Å². The number of para-hydroxylation sites is 2. The highest BCUT2D eigenvalue weighted by atomic mass is 32.1. The number of carboxylic acid groups (broad SMARTS) is 1. The molecule has 0 radical (unpaired) electrons. The van der Waals surface area contributed by atoms with Crippen molar-refractivity contribution in [2.45, 2.75) is 12.1 Å². The maximum Gasteiger partial charge on any atom is 0.335 e. The largest absolute Gasteiger partial charge is 0.506 e. The molecule has 1 fully saturated rings. The van der Waals surface area contributed by atoms with Crippen LogP contribution in [0.3, 0.4) is 0 Å². The Morgan fingerprint density at radius 1 is 1.03 bits per heavy atom. The minimum absolute atomic E-state index is 0.0919. The molecule has 1 aliphatic heterocycles. The van der Waals surface area contributed by atoms with E-state index < -0.39 is 12.0 Å². The summed E-state index contributed by atoms with van der Waals surface area (Å²) < 4.78 is 6.24. The van der Waals surface area contributed by atoms with E-state index in [0.29, 0.717) is 27.9 Å². The third-order valence-corrected chi connectivity index (χ3v) is 5.87. The Hall–Kier alpha value is -4.17. The molecule has 0 spiro atoms. The third-order valence-electron chi connectivity index (χ3n) is 5.55. The van der Waals surface area contributed by atoms with E-state index in [9.17, 15) is 15.0 Å². The number of nitrogens with zero attached hydrogens (tertiary/aromatic N) is 2. The number of hydrogen-bond acceptors (Lipinski definition) is 5. The fraction of sp³-hybridized carbons (Fsp3) is 0.0800. The van der Waals surface area contributed by atoms with Crippen molar-refractivity contribution in [1.82, 2.24) is 10.3 Å². The highest BCUT2D eigenvalue weighted by molar-refractivity contribution is 7.80. The number of anilines is 1. The van der Waals surface area contributed by atoms with Gasteiger partial charge in [-0.05, 0) is 60.7 Å². The summed E-state index contributed by atoms with van der Waals surface area (Å²) in [4.78, 5) is 17.7. The second kappa shape index (κ2) is 8.40. The van der Waals surface area contributed by atoms with E-state index in [0.717, 1.165) is 5.69 Å². The number of carboxylic acids is 1. The van der Waals surface area contributed by atoms with E-state index in [-0.39, 0.29) is 17.4 Å². The first-order valence-electron chi connectivity index (χ1n) is 10.2. The van der Waals surface area contributed by atoms with Gasteiger partial charge in [-0.3, -0.25) is 4.98 Å². The van der Waals surface area contributed by atoms with Gasteiger partial charge in [0.25, 0.3) is 0 Å². The van der Waals surface area contributed by atoms with Gasteiger partial charge in [0.1, 0.15) is 23.3 Å². The second-order valence-corrected chi connectivity index (χ2v) is 7.96. The zero-order valence-corrected chi connectivity index (χ0v) is 18.1. The zero-order chi connectivity index (χ0) is 22.9. The van der Waals surface area contributed by atoms with Crippen molar-refractivity contribution in [2.75, 3.05) is 4.90 Å². The number of rotatable bonds is 5. The van der Waals surface area contributed by atoms with Crippen molar-refractivity contribution in [2.24, 2.45) is 0 Å². The Kier molecular flexibility index (Phi) is 5.27. The minimum Gasteiger partial charge on any atom is -0.506 e. The monoisotopic (exact) mass is 457 g/mol. The molecule has 4 aromatic rings. The topological polar surface area (TPSA) is 98.8 Å². The normalized spacial score (nSPS) is 17.7. The van der Waals surface area contributed by atoms with Gasteiger partial charge in [0.15, 0.2) is 5.11 Å². The van der Waals surface area contributed by atoms with Crippen LogP contribution in [0.4, 0.5) is 5.69 Å². The number of pyridine rings is 1. The van der Waals surface area contributed by atoms with Crippen LogP contribution in [0.25, 0.3) is 11.3 Å². The maximum atomic E-state index is 11.4. The summed E-state index contributed by atoms with van der Waals surface area (Å²) in [5.41, 5.74) is 2.15. The van der Waals surface area contributed by atoms with Crippen molar-refractivity contribution >= 4 is 29.0 Å². The van der Waals surface area contributed by atoms with Gasteiger partial charge in [-0.1, -0.05) is 30.3 Å². The molecule has 0 saturated carbocycles. The van der Waals surface area contributed by atoms with E-state index >= 15 is 0 Å². The number of phenols is 1. The van der Waals surface area contributed by atoms with Gasteiger partial charge in [-0.25, -0.2) is 4.79 Å². The van der Waals surface area contributed by atoms with Crippen molar-refractivity contribution < 1.29 is 19.4 Å². The molecule has 33 heavy (non-hydrogen) atoms. The maximum absolute atomic E-state index is 11.4. The summed E-state index contributed by atoms with van der Waals surface area (Å²) in [6.45, 7) is 0. The fourth-order valence-corrected chi connectivity index (χ4v) is 4.38. The van der Waals surface area contributed by atoms with Crippen LogP contribution in [0.5, 0.6) is 5.75 Å². The van der Waals surface area contributed by atoms with Crippen LogP contribution < -0.4 is 10.2 Å². The number of benzene rings is 2. The molecule has 164 valence electrons. The molecule has 8 heteroatoms. The van der Waals surface area contributed by atoms with Crippen LogP contribution in [-0.4, -0.2) is 26.3 Å². The van der Waals surface area contributed by atoms with Crippen molar-refractivity contribution in [3.05, 3.63) is 102 Å². The average Bonchev–Trinajstić information content (AvgIpc) is 3.45. The fourth-order valence-electron chi connectivity index (χ4n) is 4.04. The molecule has 3 heterocycles. The molecule has 0 bridgehead atoms. The van der Waals surface area contributed by atoms with E-state index in [1.165, 1.54) is 6.07 Å². The Balaban J connectivity index is 1.60. The predicted molar refractivity (Wildman–Crippen MR) is 127 cm³/mol. The number of phenolic OH excluding ortho intramolecular Hbond substituents is 1. The molecule has 2 atom stereocenters. The predicted octanol–water partition coefficient (Wildman–Crippen LogP) is 4.92. The molecular formula is C25H19N3O4S. The molecule has 2 aromatic heterocycles. The van der Waals surface area contributed by atoms with Crippen LogP contribution >= 0.6 is 12.2 Å². The van der Waals surface area contributed by atoms with Gasteiger partial charge >= 0.3 is 5.97 Å². The van der Waals surface area contributed by atoms with E-state index in [1.54, 1.807) is 48.7 Å². The summed E-state index contributed by atoms with van der Waals surface area (Å²) in [6, 6.07) is 22.1. The van der Waals surface area contributed by atoms with Gasteiger partial charge in [-0.2, -0.15) is 0 Å². The summed E-state index contributed by atoms with van der Waals surface area (Å²) in [7, 11) is 0. The molecule has 1 aliphatic rings. The summed E-state index contributed by atoms with van der Waals surface area (Å²) in [6.07, 6.45) is 1.71. The molecule has 0 unspecified atom stereocenters. The Bertz CT molecular complexity index is 1340. The average molecular weight is 458 g/mol. The highest BCUT2D eigenvalue weighted by Crippen LogP contribution is 2.45. The standard InChI is InChI=1S/C25H19N3O4S/c29-19-10-2-1-9-18(19)28-23(22(27-25(28)33)17-8-3-4-13-26-17)21-12-11-20(32-21)15-6-5-7-16(14-15)24(30)31/h1-14,22-23,29H,(H,27,33)(H,30,31)/t22-,23+/m1/s1. The lowest BCUT2D eigenvalue weighted by Crippen LogP contribution is -2.29. The Morgan fingerprint density at radius 3 is 2.61 bits per heavy atom. The lowest BCUT2D eigenvalue weighted by Gasteiger charge is -2.26. The Labute approximate surface area is 194 Å². The van der Waals surface area contributed by atoms with Gasteiger partial charge in [0.2, 0.25) is 0 Å². The van der Waals surface area contributed by atoms with Gasteiger partial charge < -0.3 is 24.8 Å².